The average Bonchev–Trinajstić information content (AvgIpc) is 2.74. The smallest absolute Gasteiger partial charge is 0.363 e. The van der Waals surface area contributed by atoms with Crippen LogP contribution in [0.4, 0.5) is 30.2 Å². The first-order valence-electron chi connectivity index (χ1n) is 9.63. The van der Waals surface area contributed by atoms with Gasteiger partial charge in [-0.15, -0.1) is 0 Å². The fourth-order valence-corrected chi connectivity index (χ4v) is 3.90. The third-order valence-electron chi connectivity index (χ3n) is 5.09. The van der Waals surface area contributed by atoms with Gasteiger partial charge in [-0.2, -0.15) is 13.2 Å². The number of carbonyl (C=O) groups excluding carboxylic acids is 1. The largest absolute Gasteiger partial charge is 0.416 e. The van der Waals surface area contributed by atoms with Crippen molar-refractivity contribution < 1.29 is 22.9 Å². The van der Waals surface area contributed by atoms with Gasteiger partial charge in [0.1, 0.15) is 5.69 Å². The molecule has 2 aromatic rings. The summed E-state index contributed by atoms with van der Waals surface area (Å²) in [6.07, 6.45) is -4.47. The second-order valence-corrected chi connectivity index (χ2v) is 8.00. The molecular formula is C20H19Cl2F3N4O3. The Labute approximate surface area is 191 Å². The third kappa shape index (κ3) is 5.81. The quantitative estimate of drug-likeness (QED) is 0.451. The Morgan fingerprint density at radius 2 is 1.72 bits per heavy atom. The molecule has 0 aromatic heterocycles. The number of nitro groups is 1. The number of benzene rings is 2. The monoisotopic (exact) mass is 490 g/mol. The summed E-state index contributed by atoms with van der Waals surface area (Å²) in [5.41, 5.74) is -1.14. The topological polar surface area (TPSA) is 78.7 Å². The summed E-state index contributed by atoms with van der Waals surface area (Å²) in [7, 11) is 0. The molecule has 2 aromatic carbocycles. The van der Waals surface area contributed by atoms with Crippen molar-refractivity contribution in [2.75, 3.05) is 42.9 Å². The fourth-order valence-electron chi connectivity index (χ4n) is 3.40. The second kappa shape index (κ2) is 9.93. The highest BCUT2D eigenvalue weighted by Gasteiger charge is 2.34. The lowest BCUT2D eigenvalue weighted by Crippen LogP contribution is -2.47. The minimum absolute atomic E-state index is 0.147. The van der Waals surface area contributed by atoms with Gasteiger partial charge >= 0.3 is 6.18 Å². The molecule has 7 nitrogen and oxygen atoms in total. The van der Waals surface area contributed by atoms with Gasteiger partial charge in [0.25, 0.3) is 5.69 Å². The van der Waals surface area contributed by atoms with Crippen LogP contribution in [0.5, 0.6) is 0 Å². The molecule has 1 fully saturated rings. The Bertz CT molecular complexity index is 992. The molecule has 0 saturated carbocycles. The highest BCUT2D eigenvalue weighted by Crippen LogP contribution is 2.37. The van der Waals surface area contributed by atoms with Crippen LogP contribution in [0.15, 0.2) is 36.4 Å². The standard InChI is InChI=1S/C20H19Cl2F3N4O3/c21-14-2-1-3-15(22)19(14)26-18(30)6-7-27-8-10-28(11-9-27)16-5-4-13(20(23,24)25)12-17(16)29(31)32/h1-5,12H,6-11H2,(H,26,30). The lowest BCUT2D eigenvalue weighted by atomic mass is 10.1. The molecule has 32 heavy (non-hydrogen) atoms. The zero-order valence-corrected chi connectivity index (χ0v) is 18.2. The first-order chi connectivity index (χ1) is 15.1. The number of halogens is 5. The zero-order valence-electron chi connectivity index (χ0n) is 16.7. The molecule has 0 radical (unpaired) electrons. The number of hydrogen-bond donors (Lipinski definition) is 1. The van der Waals surface area contributed by atoms with E-state index >= 15 is 0 Å². The van der Waals surface area contributed by atoms with Gasteiger partial charge in [-0.05, 0) is 24.3 Å². The normalized spacial score (nSPS) is 15.0. The van der Waals surface area contributed by atoms with Gasteiger partial charge in [0.05, 0.1) is 26.2 Å². The first-order valence-corrected chi connectivity index (χ1v) is 10.4. The molecule has 0 aliphatic carbocycles. The van der Waals surface area contributed by atoms with Crippen LogP contribution in [0.25, 0.3) is 0 Å². The Morgan fingerprint density at radius 1 is 1.09 bits per heavy atom. The van der Waals surface area contributed by atoms with E-state index in [4.69, 9.17) is 23.2 Å². The van der Waals surface area contributed by atoms with Gasteiger partial charge in [0.2, 0.25) is 5.91 Å². The summed E-state index contributed by atoms with van der Waals surface area (Å²) < 4.78 is 38.7. The maximum Gasteiger partial charge on any atom is 0.416 e. The van der Waals surface area contributed by atoms with E-state index in [0.29, 0.717) is 54.5 Å². The maximum absolute atomic E-state index is 12.9. The van der Waals surface area contributed by atoms with E-state index in [1.807, 2.05) is 4.90 Å². The number of rotatable bonds is 6. The molecule has 1 N–H and O–H groups in total. The molecule has 1 heterocycles. The number of nitrogens with one attached hydrogen (secondary N) is 1. The number of piperazine rings is 1. The van der Waals surface area contributed by atoms with Crippen LogP contribution >= 0.6 is 23.2 Å². The Hall–Kier alpha value is -2.56. The molecule has 0 atom stereocenters. The number of hydrogen-bond acceptors (Lipinski definition) is 5. The van der Waals surface area contributed by atoms with Gasteiger partial charge in [0, 0.05) is 45.2 Å². The SMILES string of the molecule is O=C(CCN1CCN(c2ccc(C(F)(F)F)cc2[N+](=O)[O-])CC1)Nc1c(Cl)cccc1Cl. The van der Waals surface area contributed by atoms with Crippen LogP contribution in [0.3, 0.4) is 0 Å². The van der Waals surface area contributed by atoms with Crippen molar-refractivity contribution in [1.29, 1.82) is 0 Å². The highest BCUT2D eigenvalue weighted by molar-refractivity contribution is 6.39. The van der Waals surface area contributed by atoms with Crippen molar-refractivity contribution in [1.82, 2.24) is 4.90 Å². The molecule has 1 saturated heterocycles. The fraction of sp³-hybridized carbons (Fsp3) is 0.350. The Morgan fingerprint density at radius 3 is 2.28 bits per heavy atom. The van der Waals surface area contributed by atoms with Gasteiger partial charge in [0.15, 0.2) is 0 Å². The van der Waals surface area contributed by atoms with Crippen LogP contribution in [-0.4, -0.2) is 48.5 Å². The lowest BCUT2D eigenvalue weighted by Gasteiger charge is -2.35. The van der Waals surface area contributed by atoms with E-state index in [2.05, 4.69) is 5.32 Å². The number of amides is 1. The number of anilines is 2. The van der Waals surface area contributed by atoms with E-state index in [-0.39, 0.29) is 18.0 Å². The summed E-state index contributed by atoms with van der Waals surface area (Å²) in [5, 5.41) is 14.7. The van der Waals surface area contributed by atoms with Gasteiger partial charge < -0.3 is 10.2 Å². The van der Waals surface area contributed by atoms with Crippen LogP contribution in [-0.2, 0) is 11.0 Å². The van der Waals surface area contributed by atoms with Crippen LogP contribution in [0.2, 0.25) is 10.0 Å². The Balaban J connectivity index is 1.56. The maximum atomic E-state index is 12.9. The number of carbonyl (C=O) groups is 1. The number of para-hydroxylation sites is 1. The van der Waals surface area contributed by atoms with Crippen LogP contribution < -0.4 is 10.2 Å². The average molecular weight is 491 g/mol. The van der Waals surface area contributed by atoms with Crippen molar-refractivity contribution in [2.45, 2.75) is 12.6 Å². The van der Waals surface area contributed by atoms with Crippen LogP contribution in [0, 0.1) is 10.1 Å². The summed E-state index contributed by atoms with van der Waals surface area (Å²) in [6, 6.07) is 7.44. The minimum Gasteiger partial charge on any atom is -0.363 e. The van der Waals surface area contributed by atoms with E-state index in [0.717, 1.165) is 12.1 Å². The zero-order chi connectivity index (χ0) is 23.5. The predicted molar refractivity (Wildman–Crippen MR) is 116 cm³/mol. The second-order valence-electron chi connectivity index (χ2n) is 7.18. The molecule has 1 aliphatic rings. The Kier molecular flexibility index (Phi) is 7.47. The summed E-state index contributed by atoms with van der Waals surface area (Å²) >= 11 is 12.1. The van der Waals surface area contributed by atoms with Crippen molar-refractivity contribution in [3.05, 3.63) is 62.1 Å². The number of nitro benzene ring substituents is 1. The summed E-state index contributed by atoms with van der Waals surface area (Å²) in [6.45, 7) is 2.20. The molecule has 0 spiro atoms. The van der Waals surface area contributed by atoms with E-state index in [1.165, 1.54) is 0 Å². The van der Waals surface area contributed by atoms with Crippen molar-refractivity contribution >= 4 is 46.2 Å². The molecule has 0 unspecified atom stereocenters. The first kappa shape index (κ1) is 24.1. The van der Waals surface area contributed by atoms with Gasteiger partial charge in [-0.1, -0.05) is 29.3 Å². The van der Waals surface area contributed by atoms with E-state index in [1.54, 1.807) is 23.1 Å². The molecule has 1 amide bonds. The number of alkyl halides is 3. The molecule has 0 bridgehead atoms. The third-order valence-corrected chi connectivity index (χ3v) is 5.72. The predicted octanol–water partition coefficient (Wildman–Crippen LogP) is 5.07. The molecule has 12 heteroatoms. The van der Waals surface area contributed by atoms with E-state index < -0.39 is 22.4 Å². The molecule has 1 aliphatic heterocycles. The van der Waals surface area contributed by atoms with Crippen molar-refractivity contribution in [3.63, 3.8) is 0 Å². The molecule has 172 valence electrons. The van der Waals surface area contributed by atoms with Gasteiger partial charge in [-0.3, -0.25) is 19.8 Å². The lowest BCUT2D eigenvalue weighted by molar-refractivity contribution is -0.384. The van der Waals surface area contributed by atoms with Gasteiger partial charge in [-0.25, -0.2) is 0 Å². The summed E-state index contributed by atoms with van der Waals surface area (Å²) in [5.74, 6) is -0.263. The highest BCUT2D eigenvalue weighted by atomic mass is 35.5. The van der Waals surface area contributed by atoms with Crippen molar-refractivity contribution in [2.24, 2.45) is 0 Å². The molecule has 3 rings (SSSR count). The summed E-state index contributed by atoms with van der Waals surface area (Å²) in [4.78, 5) is 26.4. The minimum atomic E-state index is -4.66. The van der Waals surface area contributed by atoms with Crippen LogP contribution in [0.1, 0.15) is 12.0 Å². The molecular weight excluding hydrogens is 472 g/mol. The van der Waals surface area contributed by atoms with E-state index in [9.17, 15) is 28.1 Å². The van der Waals surface area contributed by atoms with Crippen molar-refractivity contribution in [3.8, 4) is 0 Å². The number of nitrogens with zero attached hydrogens (tertiary/aromatic N) is 3.